The molecule has 6 heteroatoms. The van der Waals surface area contributed by atoms with Gasteiger partial charge in [-0.1, -0.05) is 12.1 Å². The maximum atomic E-state index is 11.3. The molecule has 2 fully saturated rings. The maximum Gasteiger partial charge on any atom is 0.335 e. The quantitative estimate of drug-likeness (QED) is 0.586. The van der Waals surface area contributed by atoms with Crippen molar-refractivity contribution in [3.05, 3.63) is 64.8 Å². The van der Waals surface area contributed by atoms with Gasteiger partial charge in [-0.25, -0.2) is 4.79 Å². The van der Waals surface area contributed by atoms with Gasteiger partial charge in [0.1, 0.15) is 5.75 Å². The van der Waals surface area contributed by atoms with Crippen LogP contribution in [0.3, 0.4) is 0 Å². The summed E-state index contributed by atoms with van der Waals surface area (Å²) in [7, 11) is 1.73. The molecule has 2 saturated heterocycles. The van der Waals surface area contributed by atoms with Crippen LogP contribution in [0.1, 0.15) is 58.8 Å². The van der Waals surface area contributed by atoms with E-state index in [0.29, 0.717) is 5.56 Å². The first-order valence-electron chi connectivity index (χ1n) is 11.3. The van der Waals surface area contributed by atoms with Crippen LogP contribution in [0.4, 0.5) is 0 Å². The van der Waals surface area contributed by atoms with Crippen LogP contribution in [-0.2, 0) is 11.3 Å². The molecule has 3 aromatic rings. The molecule has 3 heterocycles. The van der Waals surface area contributed by atoms with Gasteiger partial charge in [-0.2, -0.15) is 0 Å². The largest absolute Gasteiger partial charge is 0.496 e. The van der Waals surface area contributed by atoms with Gasteiger partial charge >= 0.3 is 5.97 Å². The number of aromatic nitrogens is 1. The number of piperidine rings is 1. The molecular weight excluding hydrogens is 404 g/mol. The van der Waals surface area contributed by atoms with Crippen molar-refractivity contribution in [3.8, 4) is 5.75 Å². The minimum Gasteiger partial charge on any atom is -0.496 e. The van der Waals surface area contributed by atoms with Crippen molar-refractivity contribution >= 4 is 16.9 Å². The molecular formula is C26H30N2O4. The third-order valence-corrected chi connectivity index (χ3v) is 7.28. The molecule has 2 atom stereocenters. The number of hydrogen-bond acceptors (Lipinski definition) is 4. The van der Waals surface area contributed by atoms with Gasteiger partial charge in [-0.3, -0.25) is 4.90 Å². The molecule has 0 unspecified atom stereocenters. The van der Waals surface area contributed by atoms with E-state index in [0.717, 1.165) is 62.2 Å². The van der Waals surface area contributed by atoms with Crippen molar-refractivity contribution in [2.75, 3.05) is 20.3 Å². The second kappa shape index (κ2) is 8.26. The molecule has 0 radical (unpaired) electrons. The average molecular weight is 435 g/mol. The molecule has 168 valence electrons. The lowest BCUT2D eigenvalue weighted by atomic mass is 9.81. The van der Waals surface area contributed by atoms with Crippen LogP contribution in [0.25, 0.3) is 10.9 Å². The monoisotopic (exact) mass is 434 g/mol. The van der Waals surface area contributed by atoms with Crippen molar-refractivity contribution < 1.29 is 19.4 Å². The van der Waals surface area contributed by atoms with Gasteiger partial charge in [0.25, 0.3) is 0 Å². The Morgan fingerprint density at radius 3 is 2.78 bits per heavy atom. The van der Waals surface area contributed by atoms with Gasteiger partial charge in [0.05, 0.1) is 18.3 Å². The Labute approximate surface area is 188 Å². The number of carboxylic acid groups (broad SMARTS) is 1. The lowest BCUT2D eigenvalue weighted by Gasteiger charge is -2.45. The summed E-state index contributed by atoms with van der Waals surface area (Å²) in [6.45, 7) is 4.62. The van der Waals surface area contributed by atoms with Crippen LogP contribution >= 0.6 is 0 Å². The Balaban J connectivity index is 1.52. The molecule has 5 rings (SSSR count). The van der Waals surface area contributed by atoms with Gasteiger partial charge in [0.2, 0.25) is 0 Å². The molecule has 2 N–H and O–H groups in total. The lowest BCUT2D eigenvalue weighted by Crippen LogP contribution is -2.45. The third kappa shape index (κ3) is 3.67. The van der Waals surface area contributed by atoms with E-state index >= 15 is 0 Å². The van der Waals surface area contributed by atoms with E-state index in [2.05, 4.69) is 28.9 Å². The Morgan fingerprint density at radius 2 is 2.09 bits per heavy atom. The van der Waals surface area contributed by atoms with E-state index in [4.69, 9.17) is 9.47 Å². The van der Waals surface area contributed by atoms with E-state index < -0.39 is 5.97 Å². The number of aromatic amines is 1. The molecule has 32 heavy (non-hydrogen) atoms. The van der Waals surface area contributed by atoms with Gasteiger partial charge in [0.15, 0.2) is 0 Å². The van der Waals surface area contributed by atoms with Gasteiger partial charge < -0.3 is 19.6 Å². The maximum absolute atomic E-state index is 11.3. The number of ether oxygens (including phenoxy) is 2. The molecule has 2 aromatic carbocycles. The van der Waals surface area contributed by atoms with Crippen molar-refractivity contribution in [1.29, 1.82) is 0 Å². The molecule has 2 aliphatic rings. The van der Waals surface area contributed by atoms with Crippen molar-refractivity contribution in [1.82, 2.24) is 9.88 Å². The number of nitrogens with one attached hydrogen (secondary N) is 1. The van der Waals surface area contributed by atoms with Crippen LogP contribution in [-0.4, -0.2) is 46.8 Å². The number of nitrogens with zero attached hydrogens (tertiary/aromatic N) is 1. The molecule has 6 nitrogen and oxygen atoms in total. The standard InChI is InChI=1S/C26H30N2O4/c1-17-14-23(31-2)21(20-8-11-27-24(17)20)16-28-12-10-26(9-3-13-32-26)15-22(28)18-4-6-19(7-5-18)25(29)30/h4-8,11,14,22,27H,3,9-10,12-13,15-16H2,1-2H3,(H,29,30)/t22-,26+/m1/s1. The first-order valence-corrected chi connectivity index (χ1v) is 11.3. The van der Waals surface area contributed by atoms with Crippen LogP contribution in [0.5, 0.6) is 5.75 Å². The van der Waals surface area contributed by atoms with Crippen LogP contribution in [0.15, 0.2) is 42.6 Å². The van der Waals surface area contributed by atoms with Crippen LogP contribution in [0.2, 0.25) is 0 Å². The molecule has 1 spiro atoms. The predicted molar refractivity (Wildman–Crippen MR) is 123 cm³/mol. The first-order chi connectivity index (χ1) is 15.5. The van der Waals surface area contributed by atoms with E-state index in [1.54, 1.807) is 19.2 Å². The van der Waals surface area contributed by atoms with Gasteiger partial charge in [-0.05, 0) is 68.0 Å². The van der Waals surface area contributed by atoms with E-state index in [1.165, 1.54) is 16.5 Å². The smallest absolute Gasteiger partial charge is 0.335 e. The normalized spacial score (nSPS) is 23.8. The fraction of sp³-hybridized carbons (Fsp3) is 0.423. The highest BCUT2D eigenvalue weighted by Gasteiger charge is 2.43. The zero-order chi connectivity index (χ0) is 22.3. The fourth-order valence-electron chi connectivity index (χ4n) is 5.55. The van der Waals surface area contributed by atoms with E-state index in [-0.39, 0.29) is 11.6 Å². The zero-order valence-corrected chi connectivity index (χ0v) is 18.7. The number of benzene rings is 2. The predicted octanol–water partition coefficient (Wildman–Crippen LogP) is 5.07. The summed E-state index contributed by atoms with van der Waals surface area (Å²) in [6, 6.07) is 11.7. The Bertz CT molecular complexity index is 1130. The summed E-state index contributed by atoms with van der Waals surface area (Å²) >= 11 is 0. The number of rotatable bonds is 5. The molecule has 2 aliphatic heterocycles. The fourth-order valence-corrected chi connectivity index (χ4v) is 5.55. The summed E-state index contributed by atoms with van der Waals surface area (Å²) < 4.78 is 12.1. The first kappa shape index (κ1) is 21.0. The Morgan fingerprint density at radius 1 is 1.28 bits per heavy atom. The number of methoxy groups -OCH3 is 1. The summed E-state index contributed by atoms with van der Waals surface area (Å²) in [6.07, 6.45) is 6.13. The van der Waals surface area contributed by atoms with Crippen molar-refractivity contribution in [2.24, 2.45) is 0 Å². The number of hydrogen-bond donors (Lipinski definition) is 2. The van der Waals surface area contributed by atoms with Crippen molar-refractivity contribution in [3.63, 3.8) is 0 Å². The Kier molecular flexibility index (Phi) is 5.43. The van der Waals surface area contributed by atoms with E-state index in [9.17, 15) is 9.90 Å². The Hall–Kier alpha value is -2.83. The average Bonchev–Trinajstić information content (AvgIpc) is 3.47. The van der Waals surface area contributed by atoms with E-state index in [1.807, 2.05) is 18.3 Å². The van der Waals surface area contributed by atoms with Gasteiger partial charge in [0, 0.05) is 48.4 Å². The molecule has 1 aromatic heterocycles. The van der Waals surface area contributed by atoms with Gasteiger partial charge in [-0.15, -0.1) is 0 Å². The SMILES string of the molecule is COc1cc(C)c2[nH]ccc2c1CN1CC[C@@]2(CCCO2)C[C@@H]1c1ccc(C(=O)O)cc1. The minimum absolute atomic E-state index is 0.0621. The molecule has 0 aliphatic carbocycles. The summed E-state index contributed by atoms with van der Waals surface area (Å²) in [5.74, 6) is 0.0128. The number of likely N-dealkylation sites (tertiary alicyclic amines) is 1. The topological polar surface area (TPSA) is 74.8 Å². The number of carboxylic acids is 1. The summed E-state index contributed by atoms with van der Waals surface area (Å²) in [5.41, 5.74) is 4.90. The number of fused-ring (bicyclic) bond motifs is 1. The number of carbonyl (C=O) groups is 1. The highest BCUT2D eigenvalue weighted by atomic mass is 16.5. The highest BCUT2D eigenvalue weighted by molar-refractivity contribution is 5.88. The summed E-state index contributed by atoms with van der Waals surface area (Å²) in [5, 5.41) is 10.5. The number of aromatic carboxylic acids is 1. The molecule has 0 saturated carbocycles. The highest BCUT2D eigenvalue weighted by Crippen LogP contribution is 2.45. The van der Waals surface area contributed by atoms with Crippen LogP contribution < -0.4 is 4.74 Å². The van der Waals surface area contributed by atoms with Crippen LogP contribution in [0, 0.1) is 6.92 Å². The number of H-pyrrole nitrogens is 1. The lowest BCUT2D eigenvalue weighted by molar-refractivity contribution is -0.0676. The zero-order valence-electron chi connectivity index (χ0n) is 18.7. The number of aryl methyl sites for hydroxylation is 1. The minimum atomic E-state index is -0.896. The summed E-state index contributed by atoms with van der Waals surface area (Å²) in [4.78, 5) is 17.2. The second-order valence-electron chi connectivity index (χ2n) is 9.14. The third-order valence-electron chi connectivity index (χ3n) is 7.28. The molecule has 0 bridgehead atoms. The van der Waals surface area contributed by atoms with Crippen molar-refractivity contribution in [2.45, 2.75) is 50.8 Å². The molecule has 0 amide bonds. The second-order valence-corrected chi connectivity index (χ2v) is 9.14.